The average Bonchev–Trinajstić information content (AvgIpc) is 3.05. The predicted octanol–water partition coefficient (Wildman–Crippen LogP) is 5.50. The molecular formula is C35H38FN3O5S. The van der Waals surface area contributed by atoms with Crippen LogP contribution in [0, 0.1) is 12.7 Å². The van der Waals surface area contributed by atoms with E-state index in [0.717, 1.165) is 27.6 Å². The van der Waals surface area contributed by atoms with Gasteiger partial charge in [0, 0.05) is 19.5 Å². The first kappa shape index (κ1) is 33.2. The molecule has 1 unspecified atom stereocenters. The van der Waals surface area contributed by atoms with Gasteiger partial charge < -0.3 is 15.0 Å². The Hall–Kier alpha value is -4.70. The lowest BCUT2D eigenvalue weighted by atomic mass is 10.0. The van der Waals surface area contributed by atoms with Crippen LogP contribution in [0.5, 0.6) is 5.75 Å². The summed E-state index contributed by atoms with van der Waals surface area (Å²) in [7, 11) is -2.78. The van der Waals surface area contributed by atoms with E-state index in [1.54, 1.807) is 42.5 Å². The van der Waals surface area contributed by atoms with Gasteiger partial charge in [-0.25, -0.2) is 12.8 Å². The molecule has 0 radical (unpaired) electrons. The minimum Gasteiger partial charge on any atom is -0.497 e. The van der Waals surface area contributed by atoms with Gasteiger partial charge in [0.15, 0.2) is 0 Å². The first-order valence-corrected chi connectivity index (χ1v) is 16.2. The first-order valence-electron chi connectivity index (χ1n) is 14.7. The third-order valence-electron chi connectivity index (χ3n) is 7.31. The highest BCUT2D eigenvalue weighted by molar-refractivity contribution is 7.92. The summed E-state index contributed by atoms with van der Waals surface area (Å²) in [5, 5.41) is 2.92. The molecule has 236 valence electrons. The van der Waals surface area contributed by atoms with E-state index in [0.29, 0.717) is 24.3 Å². The number of nitrogens with one attached hydrogen (secondary N) is 1. The van der Waals surface area contributed by atoms with E-state index in [1.807, 2.05) is 50.2 Å². The normalized spacial score (nSPS) is 11.8. The lowest BCUT2D eigenvalue weighted by molar-refractivity contribution is -0.140. The standard InChI is InChI=1S/C35H38FN3O5S/c1-4-21-37-35(41)33(23-27-9-6-5-7-10-27)38(24-28-11-8-12-31(22-28)44-3)34(40)25-39(30-17-13-26(2)14-18-30)45(42,43)32-19-15-29(36)16-20-32/h5-20,22,33H,4,21,23-25H2,1-3H3,(H,37,41). The molecule has 0 bridgehead atoms. The highest BCUT2D eigenvalue weighted by Gasteiger charge is 2.34. The van der Waals surface area contributed by atoms with Crippen LogP contribution in [0.4, 0.5) is 10.1 Å². The smallest absolute Gasteiger partial charge is 0.264 e. The molecule has 0 aliphatic carbocycles. The molecule has 10 heteroatoms. The van der Waals surface area contributed by atoms with Crippen LogP contribution in [0.3, 0.4) is 0 Å². The van der Waals surface area contributed by atoms with Crippen molar-refractivity contribution in [2.24, 2.45) is 0 Å². The van der Waals surface area contributed by atoms with E-state index >= 15 is 0 Å². The summed E-state index contributed by atoms with van der Waals surface area (Å²) in [6.45, 7) is 3.64. The number of sulfonamides is 1. The van der Waals surface area contributed by atoms with E-state index in [9.17, 15) is 22.4 Å². The Kier molecular flexibility index (Phi) is 11.3. The van der Waals surface area contributed by atoms with Gasteiger partial charge in [0.25, 0.3) is 10.0 Å². The fourth-order valence-electron chi connectivity index (χ4n) is 4.86. The van der Waals surface area contributed by atoms with Gasteiger partial charge in [0.05, 0.1) is 17.7 Å². The minimum absolute atomic E-state index is 0.0193. The van der Waals surface area contributed by atoms with Gasteiger partial charge in [0.2, 0.25) is 11.8 Å². The second-order valence-electron chi connectivity index (χ2n) is 10.7. The molecule has 0 aliphatic rings. The zero-order chi connectivity index (χ0) is 32.4. The third kappa shape index (κ3) is 8.69. The van der Waals surface area contributed by atoms with Gasteiger partial charge in [-0.2, -0.15) is 0 Å². The van der Waals surface area contributed by atoms with E-state index in [-0.39, 0.29) is 29.5 Å². The Bertz CT molecular complexity index is 1680. The van der Waals surface area contributed by atoms with Crippen LogP contribution >= 0.6 is 0 Å². The van der Waals surface area contributed by atoms with Crippen LogP contribution in [0.1, 0.15) is 30.0 Å². The summed E-state index contributed by atoms with van der Waals surface area (Å²) in [5.74, 6) is -0.940. The predicted molar refractivity (Wildman–Crippen MR) is 173 cm³/mol. The van der Waals surface area contributed by atoms with Crippen molar-refractivity contribution in [2.75, 3.05) is 24.5 Å². The largest absolute Gasteiger partial charge is 0.497 e. The van der Waals surface area contributed by atoms with Crippen molar-refractivity contribution in [3.05, 3.63) is 126 Å². The van der Waals surface area contributed by atoms with Crippen molar-refractivity contribution >= 4 is 27.5 Å². The Morgan fingerprint density at radius 1 is 0.889 bits per heavy atom. The molecule has 0 aromatic heterocycles. The second-order valence-corrected chi connectivity index (χ2v) is 12.5. The molecule has 0 spiro atoms. The number of carbonyl (C=O) groups is 2. The minimum atomic E-state index is -4.32. The van der Waals surface area contributed by atoms with E-state index < -0.39 is 34.3 Å². The average molecular weight is 632 g/mol. The topological polar surface area (TPSA) is 96.0 Å². The number of hydrogen-bond donors (Lipinski definition) is 1. The molecular weight excluding hydrogens is 593 g/mol. The Labute approximate surface area is 264 Å². The Morgan fingerprint density at radius 2 is 1.56 bits per heavy atom. The number of anilines is 1. The van der Waals surface area contributed by atoms with Gasteiger partial charge in [0.1, 0.15) is 24.2 Å². The van der Waals surface area contributed by atoms with Gasteiger partial charge in [-0.15, -0.1) is 0 Å². The monoisotopic (exact) mass is 631 g/mol. The summed E-state index contributed by atoms with van der Waals surface area (Å²) in [5.41, 5.74) is 2.70. The molecule has 45 heavy (non-hydrogen) atoms. The maximum atomic E-state index is 14.4. The number of benzene rings is 4. The molecule has 1 atom stereocenters. The number of halogens is 1. The second kappa shape index (κ2) is 15.3. The Morgan fingerprint density at radius 3 is 2.20 bits per heavy atom. The van der Waals surface area contributed by atoms with Crippen molar-refractivity contribution in [3.63, 3.8) is 0 Å². The summed E-state index contributed by atoms with van der Waals surface area (Å²) < 4.78 is 48.1. The van der Waals surface area contributed by atoms with Crippen molar-refractivity contribution in [2.45, 2.75) is 44.2 Å². The van der Waals surface area contributed by atoms with Crippen LogP contribution in [0.2, 0.25) is 0 Å². The van der Waals surface area contributed by atoms with Gasteiger partial charge in [-0.3, -0.25) is 13.9 Å². The number of amides is 2. The highest BCUT2D eigenvalue weighted by Crippen LogP contribution is 2.26. The number of nitrogens with zero attached hydrogens (tertiary/aromatic N) is 2. The van der Waals surface area contributed by atoms with Crippen LogP contribution in [0.15, 0.2) is 108 Å². The van der Waals surface area contributed by atoms with Crippen molar-refractivity contribution in [1.29, 1.82) is 0 Å². The van der Waals surface area contributed by atoms with Crippen LogP contribution in [-0.4, -0.2) is 51.4 Å². The number of hydrogen-bond acceptors (Lipinski definition) is 5. The molecule has 4 rings (SSSR count). The fourth-order valence-corrected chi connectivity index (χ4v) is 6.28. The molecule has 0 saturated heterocycles. The number of methoxy groups -OCH3 is 1. The maximum Gasteiger partial charge on any atom is 0.264 e. The van der Waals surface area contributed by atoms with Crippen LogP contribution in [-0.2, 0) is 32.6 Å². The summed E-state index contributed by atoms with van der Waals surface area (Å²) in [4.78, 5) is 29.4. The molecule has 0 heterocycles. The van der Waals surface area contributed by atoms with Gasteiger partial charge >= 0.3 is 0 Å². The number of carbonyl (C=O) groups excluding carboxylic acids is 2. The fraction of sp³-hybridized carbons (Fsp3) is 0.257. The SMILES string of the molecule is CCCNC(=O)C(Cc1ccccc1)N(Cc1cccc(OC)c1)C(=O)CN(c1ccc(C)cc1)S(=O)(=O)c1ccc(F)cc1. The van der Waals surface area contributed by atoms with Gasteiger partial charge in [-0.05, 0) is 73.0 Å². The molecule has 2 amide bonds. The maximum absolute atomic E-state index is 14.4. The summed E-state index contributed by atoms with van der Waals surface area (Å²) >= 11 is 0. The lowest BCUT2D eigenvalue weighted by Gasteiger charge is -2.34. The Balaban J connectivity index is 1.80. The van der Waals surface area contributed by atoms with E-state index in [2.05, 4.69) is 5.32 Å². The number of aryl methyl sites for hydroxylation is 1. The molecule has 8 nitrogen and oxygen atoms in total. The van der Waals surface area contributed by atoms with Crippen molar-refractivity contribution in [3.8, 4) is 5.75 Å². The molecule has 4 aromatic carbocycles. The summed E-state index contributed by atoms with van der Waals surface area (Å²) in [6.07, 6.45) is 0.909. The molecule has 0 fully saturated rings. The zero-order valence-corrected chi connectivity index (χ0v) is 26.5. The molecule has 0 saturated carbocycles. The molecule has 4 aromatic rings. The zero-order valence-electron chi connectivity index (χ0n) is 25.6. The first-order chi connectivity index (χ1) is 21.6. The van der Waals surface area contributed by atoms with E-state index in [4.69, 9.17) is 4.74 Å². The number of rotatable bonds is 14. The number of ether oxygens (including phenoxy) is 1. The molecule has 1 N–H and O–H groups in total. The highest BCUT2D eigenvalue weighted by atomic mass is 32.2. The van der Waals surface area contributed by atoms with Crippen molar-refractivity contribution in [1.82, 2.24) is 10.2 Å². The lowest BCUT2D eigenvalue weighted by Crippen LogP contribution is -2.53. The third-order valence-corrected chi connectivity index (χ3v) is 9.10. The van der Waals surface area contributed by atoms with Crippen LogP contribution < -0.4 is 14.4 Å². The van der Waals surface area contributed by atoms with Crippen molar-refractivity contribution < 1.29 is 27.1 Å². The summed E-state index contributed by atoms with van der Waals surface area (Å²) in [6, 6.07) is 26.7. The quantitative estimate of drug-likeness (QED) is 0.198. The van der Waals surface area contributed by atoms with Gasteiger partial charge in [-0.1, -0.05) is 67.1 Å². The van der Waals surface area contributed by atoms with Crippen LogP contribution in [0.25, 0.3) is 0 Å². The van der Waals surface area contributed by atoms with E-state index in [1.165, 1.54) is 24.1 Å². The molecule has 0 aliphatic heterocycles.